The fraction of sp³-hybridized carbons (Fsp3) is 0.294. The monoisotopic (exact) mass is 330 g/mol. The molecule has 3 rings (SSSR count). The first-order chi connectivity index (χ1) is 11.2. The summed E-state index contributed by atoms with van der Waals surface area (Å²) in [6.45, 7) is 0.546. The molecule has 23 heavy (non-hydrogen) atoms. The van der Waals surface area contributed by atoms with E-state index in [2.05, 4.69) is 4.98 Å². The fourth-order valence-corrected chi connectivity index (χ4v) is 3.73. The summed E-state index contributed by atoms with van der Waals surface area (Å²) in [6.07, 6.45) is 3.52. The Morgan fingerprint density at radius 3 is 2.61 bits per heavy atom. The van der Waals surface area contributed by atoms with Crippen LogP contribution < -0.4 is 9.47 Å². The molecule has 6 heteroatoms. The number of methoxy groups -OCH3 is 2. The summed E-state index contributed by atoms with van der Waals surface area (Å²) in [5.74, 6) is 2.05. The number of thioether (sulfide) groups is 1. The van der Waals surface area contributed by atoms with Crippen LogP contribution in [0.1, 0.15) is 16.5 Å². The quantitative estimate of drug-likeness (QED) is 0.844. The van der Waals surface area contributed by atoms with E-state index in [9.17, 15) is 4.79 Å². The van der Waals surface area contributed by atoms with Gasteiger partial charge in [0.1, 0.15) is 16.9 Å². The summed E-state index contributed by atoms with van der Waals surface area (Å²) in [5, 5.41) is -0.0493. The van der Waals surface area contributed by atoms with E-state index < -0.39 is 0 Å². The predicted octanol–water partition coefficient (Wildman–Crippen LogP) is 2.87. The van der Waals surface area contributed by atoms with Gasteiger partial charge in [-0.2, -0.15) is 0 Å². The van der Waals surface area contributed by atoms with Gasteiger partial charge in [0.25, 0.3) is 0 Å². The summed E-state index contributed by atoms with van der Waals surface area (Å²) >= 11 is 1.61. The highest BCUT2D eigenvalue weighted by molar-refractivity contribution is 8.00. The first kappa shape index (κ1) is 15.7. The number of carbonyl (C=O) groups is 1. The SMILES string of the molecule is COc1cc(OC)cc(C2SCC(=O)N2Cc2cccnc2)c1. The number of hydrogen-bond donors (Lipinski definition) is 0. The second-order valence-corrected chi connectivity index (χ2v) is 6.26. The minimum absolute atomic E-state index is 0.0493. The van der Waals surface area contributed by atoms with E-state index in [0.29, 0.717) is 12.3 Å². The molecule has 1 aliphatic rings. The van der Waals surface area contributed by atoms with Crippen LogP contribution >= 0.6 is 11.8 Å². The molecule has 5 nitrogen and oxygen atoms in total. The number of rotatable bonds is 5. The van der Waals surface area contributed by atoms with Gasteiger partial charge in [0.15, 0.2) is 0 Å². The highest BCUT2D eigenvalue weighted by atomic mass is 32.2. The Hall–Kier alpha value is -2.21. The van der Waals surface area contributed by atoms with Gasteiger partial charge in [-0.3, -0.25) is 9.78 Å². The van der Waals surface area contributed by atoms with Crippen LogP contribution in [0.3, 0.4) is 0 Å². The van der Waals surface area contributed by atoms with Crippen molar-refractivity contribution in [3.63, 3.8) is 0 Å². The van der Waals surface area contributed by atoms with Gasteiger partial charge >= 0.3 is 0 Å². The molecular weight excluding hydrogens is 312 g/mol. The Morgan fingerprint density at radius 2 is 2.00 bits per heavy atom. The van der Waals surface area contributed by atoms with Crippen LogP contribution in [0.15, 0.2) is 42.7 Å². The zero-order chi connectivity index (χ0) is 16.2. The lowest BCUT2D eigenvalue weighted by Crippen LogP contribution is -2.27. The van der Waals surface area contributed by atoms with Gasteiger partial charge in [0.05, 0.1) is 20.0 Å². The number of nitrogens with zero attached hydrogens (tertiary/aromatic N) is 2. The van der Waals surface area contributed by atoms with Gasteiger partial charge < -0.3 is 14.4 Å². The lowest BCUT2D eigenvalue weighted by atomic mass is 10.1. The number of aromatic nitrogens is 1. The summed E-state index contributed by atoms with van der Waals surface area (Å²) in [5.41, 5.74) is 2.02. The van der Waals surface area contributed by atoms with Gasteiger partial charge in [-0.25, -0.2) is 0 Å². The number of benzene rings is 1. The third-order valence-electron chi connectivity index (χ3n) is 3.70. The molecular formula is C17H18N2O3S. The lowest BCUT2D eigenvalue weighted by Gasteiger charge is -2.25. The summed E-state index contributed by atoms with van der Waals surface area (Å²) < 4.78 is 10.7. The van der Waals surface area contributed by atoms with E-state index in [4.69, 9.17) is 9.47 Å². The van der Waals surface area contributed by atoms with Crippen molar-refractivity contribution >= 4 is 17.7 Å². The highest BCUT2D eigenvalue weighted by Crippen LogP contribution is 2.41. The molecule has 1 saturated heterocycles. The van der Waals surface area contributed by atoms with Crippen molar-refractivity contribution < 1.29 is 14.3 Å². The zero-order valence-corrected chi connectivity index (χ0v) is 13.9. The number of ether oxygens (including phenoxy) is 2. The molecule has 1 fully saturated rings. The molecule has 0 bridgehead atoms. The van der Waals surface area contributed by atoms with E-state index in [-0.39, 0.29) is 11.3 Å². The maximum Gasteiger partial charge on any atom is 0.234 e. The normalized spacial score (nSPS) is 17.4. The minimum atomic E-state index is -0.0493. The van der Waals surface area contributed by atoms with Crippen LogP contribution in [0.2, 0.25) is 0 Å². The van der Waals surface area contributed by atoms with E-state index in [1.54, 1.807) is 38.4 Å². The highest BCUT2D eigenvalue weighted by Gasteiger charge is 2.33. The van der Waals surface area contributed by atoms with E-state index in [0.717, 1.165) is 22.6 Å². The van der Waals surface area contributed by atoms with E-state index in [1.807, 2.05) is 35.2 Å². The van der Waals surface area contributed by atoms with Crippen LogP contribution in [-0.4, -0.2) is 35.8 Å². The zero-order valence-electron chi connectivity index (χ0n) is 13.1. The minimum Gasteiger partial charge on any atom is -0.497 e. The van der Waals surface area contributed by atoms with Crippen LogP contribution in [0.25, 0.3) is 0 Å². The Morgan fingerprint density at radius 1 is 1.26 bits per heavy atom. The Labute approximate surface area is 139 Å². The third-order valence-corrected chi connectivity index (χ3v) is 4.96. The molecule has 0 N–H and O–H groups in total. The molecule has 120 valence electrons. The molecule has 0 saturated carbocycles. The Kier molecular flexibility index (Phi) is 4.71. The van der Waals surface area contributed by atoms with Gasteiger partial charge in [0.2, 0.25) is 5.91 Å². The number of amides is 1. The first-order valence-corrected chi connectivity index (χ1v) is 8.29. The second kappa shape index (κ2) is 6.91. The number of pyridine rings is 1. The van der Waals surface area contributed by atoms with Crippen molar-refractivity contribution in [1.29, 1.82) is 0 Å². The van der Waals surface area contributed by atoms with Crippen molar-refractivity contribution in [1.82, 2.24) is 9.88 Å². The molecule has 2 aromatic rings. The van der Waals surface area contributed by atoms with Crippen LogP contribution in [0.5, 0.6) is 11.5 Å². The molecule has 0 aliphatic carbocycles. The molecule has 1 atom stereocenters. The smallest absolute Gasteiger partial charge is 0.234 e. The average Bonchev–Trinajstić information content (AvgIpc) is 2.96. The van der Waals surface area contributed by atoms with Crippen LogP contribution in [0, 0.1) is 0 Å². The second-order valence-electron chi connectivity index (χ2n) is 5.19. The summed E-state index contributed by atoms with van der Waals surface area (Å²) in [4.78, 5) is 18.3. The van der Waals surface area contributed by atoms with Crippen molar-refractivity contribution in [2.45, 2.75) is 11.9 Å². The number of carbonyl (C=O) groups excluding carboxylic acids is 1. The van der Waals surface area contributed by atoms with Gasteiger partial charge in [-0.1, -0.05) is 6.07 Å². The fourth-order valence-electron chi connectivity index (χ4n) is 2.56. The molecule has 2 heterocycles. The topological polar surface area (TPSA) is 51.7 Å². The molecule has 1 unspecified atom stereocenters. The Balaban J connectivity index is 1.90. The lowest BCUT2D eigenvalue weighted by molar-refractivity contribution is -0.128. The molecule has 1 aromatic carbocycles. The van der Waals surface area contributed by atoms with Gasteiger partial charge in [0, 0.05) is 25.0 Å². The molecule has 1 amide bonds. The predicted molar refractivity (Wildman–Crippen MR) is 89.5 cm³/mol. The van der Waals surface area contributed by atoms with E-state index >= 15 is 0 Å². The van der Waals surface area contributed by atoms with Crippen LogP contribution in [0.4, 0.5) is 0 Å². The van der Waals surface area contributed by atoms with Crippen molar-refractivity contribution in [2.24, 2.45) is 0 Å². The average molecular weight is 330 g/mol. The molecule has 1 aliphatic heterocycles. The van der Waals surface area contributed by atoms with Crippen LogP contribution in [-0.2, 0) is 11.3 Å². The number of hydrogen-bond acceptors (Lipinski definition) is 5. The first-order valence-electron chi connectivity index (χ1n) is 7.24. The largest absolute Gasteiger partial charge is 0.497 e. The van der Waals surface area contributed by atoms with Crippen molar-refractivity contribution in [3.05, 3.63) is 53.9 Å². The third kappa shape index (κ3) is 3.42. The van der Waals surface area contributed by atoms with E-state index in [1.165, 1.54) is 0 Å². The van der Waals surface area contributed by atoms with Gasteiger partial charge in [-0.15, -0.1) is 11.8 Å². The molecule has 1 aromatic heterocycles. The van der Waals surface area contributed by atoms with Crippen molar-refractivity contribution in [2.75, 3.05) is 20.0 Å². The standard InChI is InChI=1S/C17H18N2O3S/c1-21-14-6-13(7-15(8-14)22-2)17-19(16(20)11-23-17)10-12-4-3-5-18-9-12/h3-9,17H,10-11H2,1-2H3. The maximum atomic E-state index is 12.3. The summed E-state index contributed by atoms with van der Waals surface area (Å²) in [7, 11) is 3.25. The van der Waals surface area contributed by atoms with Gasteiger partial charge in [-0.05, 0) is 29.3 Å². The molecule has 0 spiro atoms. The maximum absolute atomic E-state index is 12.3. The summed E-state index contributed by atoms with van der Waals surface area (Å²) in [6, 6.07) is 9.60. The van der Waals surface area contributed by atoms with Crippen molar-refractivity contribution in [3.8, 4) is 11.5 Å². The Bertz CT molecular complexity index is 671. The molecule has 0 radical (unpaired) electrons.